The summed E-state index contributed by atoms with van der Waals surface area (Å²) in [6, 6.07) is 7.89. The standard InChI is InChI=1S/C38H59N5O10/c1-5-51-34(46)31(41-35(47)52-26-29-9-7-6-8-10-29)25-40-32(44)15-20-39-33(45)30(13-11-27-16-21-42(22-17-27)36(48)49)14-12-28-18-23-43(24-19-28)37(50)53-38(2,3)4/h6-10,27-28,30-31H,5,11-26H2,1-4H3,(H,39,45)(H,40,44)(H,41,47)(H,48,49)/t30?,31-/m0/s1. The summed E-state index contributed by atoms with van der Waals surface area (Å²) in [5.41, 5.74) is 0.218. The third kappa shape index (κ3) is 16.3. The van der Waals surface area contributed by atoms with E-state index >= 15 is 0 Å². The van der Waals surface area contributed by atoms with Crippen LogP contribution >= 0.6 is 0 Å². The Morgan fingerprint density at radius 3 is 1.98 bits per heavy atom. The highest BCUT2D eigenvalue weighted by molar-refractivity contribution is 5.83. The molecule has 2 aliphatic heterocycles. The average Bonchev–Trinajstić information content (AvgIpc) is 3.12. The normalized spacial score (nSPS) is 16.5. The van der Waals surface area contributed by atoms with Gasteiger partial charge in [-0.15, -0.1) is 0 Å². The molecule has 2 heterocycles. The van der Waals surface area contributed by atoms with Crippen molar-refractivity contribution in [2.75, 3.05) is 45.9 Å². The van der Waals surface area contributed by atoms with Crippen LogP contribution in [0, 0.1) is 17.8 Å². The molecule has 1 aromatic carbocycles. The number of carbonyl (C=O) groups excluding carboxylic acids is 5. The Hall–Kier alpha value is -4.56. The van der Waals surface area contributed by atoms with Crippen LogP contribution in [-0.2, 0) is 35.2 Å². The number of piperidine rings is 2. The van der Waals surface area contributed by atoms with E-state index < -0.39 is 35.7 Å². The number of esters is 1. The average molecular weight is 746 g/mol. The number of carboxylic acid groups (broad SMARTS) is 1. The van der Waals surface area contributed by atoms with E-state index in [4.69, 9.17) is 14.2 Å². The predicted molar refractivity (Wildman–Crippen MR) is 196 cm³/mol. The molecule has 2 saturated heterocycles. The van der Waals surface area contributed by atoms with Crippen LogP contribution in [0.5, 0.6) is 0 Å². The van der Waals surface area contributed by atoms with E-state index in [0.29, 0.717) is 50.9 Å². The molecule has 0 spiro atoms. The van der Waals surface area contributed by atoms with Gasteiger partial charge in [0.25, 0.3) is 0 Å². The second-order valence-electron chi connectivity index (χ2n) is 14.8. The van der Waals surface area contributed by atoms with Crippen molar-refractivity contribution >= 4 is 36.1 Å². The minimum absolute atomic E-state index is 0.00656. The van der Waals surface area contributed by atoms with Crippen molar-refractivity contribution in [1.29, 1.82) is 0 Å². The van der Waals surface area contributed by atoms with Crippen molar-refractivity contribution in [3.05, 3.63) is 35.9 Å². The topological polar surface area (TPSA) is 193 Å². The van der Waals surface area contributed by atoms with Crippen LogP contribution in [0.1, 0.15) is 91.0 Å². The molecule has 0 saturated carbocycles. The number of nitrogens with one attached hydrogen (secondary N) is 3. The summed E-state index contributed by atoms with van der Waals surface area (Å²) >= 11 is 0. The number of nitrogens with zero attached hydrogens (tertiary/aromatic N) is 2. The van der Waals surface area contributed by atoms with Gasteiger partial charge in [0.1, 0.15) is 18.2 Å². The molecule has 0 aromatic heterocycles. The van der Waals surface area contributed by atoms with E-state index in [2.05, 4.69) is 16.0 Å². The molecule has 0 bridgehead atoms. The molecule has 2 fully saturated rings. The van der Waals surface area contributed by atoms with Crippen LogP contribution < -0.4 is 16.0 Å². The largest absolute Gasteiger partial charge is 0.465 e. The lowest BCUT2D eigenvalue weighted by Crippen LogP contribution is -2.49. The van der Waals surface area contributed by atoms with E-state index in [1.165, 1.54) is 4.90 Å². The van der Waals surface area contributed by atoms with Gasteiger partial charge in [-0.05, 0) is 96.5 Å². The Labute approximate surface area is 312 Å². The Kier molecular flexibility index (Phi) is 17.7. The summed E-state index contributed by atoms with van der Waals surface area (Å²) in [4.78, 5) is 78.1. The van der Waals surface area contributed by atoms with Crippen molar-refractivity contribution in [3.8, 4) is 0 Å². The number of carbonyl (C=O) groups is 6. The molecule has 15 nitrogen and oxygen atoms in total. The Morgan fingerprint density at radius 1 is 0.849 bits per heavy atom. The van der Waals surface area contributed by atoms with E-state index in [1.54, 1.807) is 24.0 Å². The summed E-state index contributed by atoms with van der Waals surface area (Å²) < 4.78 is 15.8. The quantitative estimate of drug-likeness (QED) is 0.129. The second-order valence-corrected chi connectivity index (χ2v) is 14.8. The fourth-order valence-electron chi connectivity index (χ4n) is 6.51. The number of hydrogen-bond acceptors (Lipinski definition) is 9. The number of rotatable bonds is 17. The van der Waals surface area contributed by atoms with Crippen LogP contribution in [-0.4, -0.2) is 108 Å². The maximum Gasteiger partial charge on any atom is 0.410 e. The second kappa shape index (κ2) is 21.8. The fourth-order valence-corrected chi connectivity index (χ4v) is 6.51. The van der Waals surface area contributed by atoms with E-state index in [1.807, 2.05) is 39.0 Å². The molecule has 1 aromatic rings. The van der Waals surface area contributed by atoms with Gasteiger partial charge in [-0.25, -0.2) is 19.2 Å². The van der Waals surface area contributed by atoms with Crippen molar-refractivity contribution in [1.82, 2.24) is 25.8 Å². The van der Waals surface area contributed by atoms with Crippen molar-refractivity contribution in [2.45, 2.75) is 104 Å². The smallest absolute Gasteiger partial charge is 0.410 e. The zero-order valence-electron chi connectivity index (χ0n) is 31.7. The highest BCUT2D eigenvalue weighted by atomic mass is 16.6. The van der Waals surface area contributed by atoms with Gasteiger partial charge in [-0.1, -0.05) is 30.3 Å². The maximum atomic E-state index is 13.5. The first-order valence-electron chi connectivity index (χ1n) is 18.9. The maximum absolute atomic E-state index is 13.5. The highest BCUT2D eigenvalue weighted by Gasteiger charge is 2.30. The number of alkyl carbamates (subject to hydrolysis) is 1. The number of hydrogen-bond donors (Lipinski definition) is 4. The van der Waals surface area contributed by atoms with Gasteiger partial charge in [0.2, 0.25) is 11.8 Å². The molecule has 2 aliphatic rings. The van der Waals surface area contributed by atoms with Crippen LogP contribution in [0.4, 0.5) is 14.4 Å². The summed E-state index contributed by atoms with van der Waals surface area (Å²) in [5, 5.41) is 17.3. The van der Waals surface area contributed by atoms with Gasteiger partial charge < -0.3 is 45.1 Å². The Morgan fingerprint density at radius 2 is 1.43 bits per heavy atom. The van der Waals surface area contributed by atoms with Crippen LogP contribution in [0.15, 0.2) is 30.3 Å². The predicted octanol–water partition coefficient (Wildman–Crippen LogP) is 4.68. The minimum atomic E-state index is -1.17. The molecule has 1 unspecified atom stereocenters. The fraction of sp³-hybridized carbons (Fsp3) is 0.684. The molecule has 4 N–H and O–H groups in total. The molecule has 5 amide bonds. The summed E-state index contributed by atoms with van der Waals surface area (Å²) in [6.45, 7) is 9.32. The van der Waals surface area contributed by atoms with E-state index in [-0.39, 0.29) is 50.6 Å². The third-order valence-corrected chi connectivity index (χ3v) is 9.60. The molecular formula is C38H59N5O10. The molecule has 0 radical (unpaired) electrons. The minimum Gasteiger partial charge on any atom is -0.465 e. The van der Waals surface area contributed by atoms with E-state index in [0.717, 1.165) is 44.1 Å². The molecule has 0 aliphatic carbocycles. The van der Waals surface area contributed by atoms with Crippen molar-refractivity contribution in [3.63, 3.8) is 0 Å². The van der Waals surface area contributed by atoms with Crippen LogP contribution in [0.3, 0.4) is 0 Å². The first-order valence-corrected chi connectivity index (χ1v) is 18.9. The summed E-state index contributed by atoms with van der Waals surface area (Å²) in [7, 11) is 0. The third-order valence-electron chi connectivity index (χ3n) is 9.60. The Bertz CT molecular complexity index is 1340. The first-order chi connectivity index (χ1) is 25.2. The molecule has 3 rings (SSSR count). The van der Waals surface area contributed by atoms with Gasteiger partial charge in [-0.3, -0.25) is 9.59 Å². The molecule has 15 heteroatoms. The Balaban J connectivity index is 1.47. The first kappa shape index (κ1) is 42.8. The van der Waals surface area contributed by atoms with Crippen molar-refractivity contribution < 1.29 is 48.1 Å². The molecule has 2 atom stereocenters. The number of ether oxygens (including phenoxy) is 3. The van der Waals surface area contributed by atoms with Gasteiger partial charge in [-0.2, -0.15) is 0 Å². The van der Waals surface area contributed by atoms with Crippen LogP contribution in [0.25, 0.3) is 0 Å². The van der Waals surface area contributed by atoms with Gasteiger partial charge in [0.15, 0.2) is 0 Å². The summed E-state index contributed by atoms with van der Waals surface area (Å²) in [6.07, 6.45) is 4.04. The molecule has 53 heavy (non-hydrogen) atoms. The molecular weight excluding hydrogens is 686 g/mol. The zero-order chi connectivity index (χ0) is 38.8. The monoisotopic (exact) mass is 745 g/mol. The number of benzene rings is 1. The highest BCUT2D eigenvalue weighted by Crippen LogP contribution is 2.29. The van der Waals surface area contributed by atoms with Crippen molar-refractivity contribution in [2.24, 2.45) is 17.8 Å². The number of amides is 5. The van der Waals surface area contributed by atoms with Gasteiger partial charge in [0.05, 0.1) is 6.61 Å². The van der Waals surface area contributed by atoms with Crippen LogP contribution in [0.2, 0.25) is 0 Å². The molecule has 296 valence electrons. The SMILES string of the molecule is CCOC(=O)[C@H](CNC(=O)CCNC(=O)C(CCC1CCN(C(=O)O)CC1)CCC1CCN(C(=O)OC(C)(C)C)CC1)NC(=O)OCc1ccccc1. The van der Waals surface area contributed by atoms with Gasteiger partial charge in [0, 0.05) is 51.6 Å². The lowest BCUT2D eigenvalue weighted by atomic mass is 9.84. The lowest BCUT2D eigenvalue weighted by molar-refractivity contribution is -0.145. The van der Waals surface area contributed by atoms with E-state index in [9.17, 15) is 33.9 Å². The lowest BCUT2D eigenvalue weighted by Gasteiger charge is -2.34. The van der Waals surface area contributed by atoms with Gasteiger partial charge >= 0.3 is 24.2 Å². The zero-order valence-corrected chi connectivity index (χ0v) is 31.7. The summed E-state index contributed by atoms with van der Waals surface area (Å²) in [5.74, 6) is -0.856. The number of likely N-dealkylation sites (tertiary alicyclic amines) is 2.